The minimum Gasteiger partial charge on any atom is -0.462 e. The topological polar surface area (TPSA) is 95.9 Å². The van der Waals surface area contributed by atoms with E-state index < -0.39 is 18.2 Å². The van der Waals surface area contributed by atoms with Gasteiger partial charge in [-0.1, -0.05) is 230 Å². The van der Waals surface area contributed by atoms with Crippen LogP contribution in [0.1, 0.15) is 271 Å². The van der Waals surface area contributed by atoms with Crippen molar-refractivity contribution >= 4 is 11.9 Å². The number of ether oxygens (including phenoxy) is 1. The van der Waals surface area contributed by atoms with Crippen molar-refractivity contribution in [3.8, 4) is 0 Å². The number of unbranched alkanes of at least 4 members (excludes halogenated alkanes) is 30. The average Bonchev–Trinajstić information content (AvgIpc) is 3.26. The Kier molecular flexibility index (Phi) is 48.1. The first-order chi connectivity index (χ1) is 30.5. The zero-order valence-corrected chi connectivity index (χ0v) is 41.3. The fraction of sp³-hybridized carbons (Fsp3) is 0.821. The predicted octanol–water partition coefficient (Wildman–Crippen LogP) is 16.2. The van der Waals surface area contributed by atoms with Gasteiger partial charge in [0.05, 0.1) is 25.2 Å². The molecule has 0 bridgehead atoms. The molecule has 0 aromatic carbocycles. The monoisotopic (exact) mass is 870 g/mol. The van der Waals surface area contributed by atoms with E-state index in [4.69, 9.17) is 4.74 Å². The summed E-state index contributed by atoms with van der Waals surface area (Å²) in [4.78, 5) is 26.2. The summed E-state index contributed by atoms with van der Waals surface area (Å²) >= 11 is 0. The lowest BCUT2D eigenvalue weighted by molar-refractivity contribution is -0.151. The molecule has 0 aliphatic heterocycles. The number of amides is 1. The fourth-order valence-electron chi connectivity index (χ4n) is 8.06. The summed E-state index contributed by atoms with van der Waals surface area (Å²) in [6.45, 7) is 6.46. The van der Waals surface area contributed by atoms with Gasteiger partial charge in [-0.25, -0.2) is 0 Å². The number of nitrogens with one attached hydrogen (secondary N) is 1. The lowest BCUT2D eigenvalue weighted by Gasteiger charge is -2.24. The fourth-order valence-corrected chi connectivity index (χ4v) is 8.06. The highest BCUT2D eigenvalue weighted by atomic mass is 16.5. The van der Waals surface area contributed by atoms with Crippen LogP contribution >= 0.6 is 0 Å². The third-order valence-electron chi connectivity index (χ3n) is 12.2. The van der Waals surface area contributed by atoms with Crippen molar-refractivity contribution in [1.82, 2.24) is 5.32 Å². The first kappa shape index (κ1) is 59.8. The van der Waals surface area contributed by atoms with E-state index in [2.05, 4.69) is 74.7 Å². The smallest absolute Gasteiger partial charge is 0.306 e. The number of carbonyl (C=O) groups is 2. The van der Waals surface area contributed by atoms with E-state index in [0.717, 1.165) is 83.5 Å². The average molecular weight is 870 g/mol. The minimum absolute atomic E-state index is 0.0497. The van der Waals surface area contributed by atoms with Crippen LogP contribution in [0.5, 0.6) is 0 Å². The highest BCUT2D eigenvalue weighted by molar-refractivity contribution is 5.77. The number of aliphatic hydroxyl groups is 2. The molecule has 0 aromatic heterocycles. The van der Waals surface area contributed by atoms with Crippen molar-refractivity contribution in [1.29, 1.82) is 0 Å². The van der Waals surface area contributed by atoms with Crippen molar-refractivity contribution in [2.24, 2.45) is 0 Å². The first-order valence-electron chi connectivity index (χ1n) is 26.9. The van der Waals surface area contributed by atoms with Gasteiger partial charge in [0.15, 0.2) is 0 Å². The Bertz CT molecular complexity index is 1070. The van der Waals surface area contributed by atoms with Gasteiger partial charge in [-0.05, 0) is 77.0 Å². The maximum atomic E-state index is 13.2. The molecule has 0 aliphatic carbocycles. The molecule has 0 saturated heterocycles. The number of rotatable bonds is 48. The molecular formula is C56H103NO5. The Hall–Kier alpha value is -2.18. The van der Waals surface area contributed by atoms with Gasteiger partial charge in [0, 0.05) is 6.42 Å². The van der Waals surface area contributed by atoms with Crippen LogP contribution in [0.15, 0.2) is 48.6 Å². The number of aliphatic hydroxyl groups excluding tert-OH is 2. The Morgan fingerprint density at radius 2 is 0.806 bits per heavy atom. The van der Waals surface area contributed by atoms with Crippen LogP contribution in [0, 0.1) is 0 Å². The van der Waals surface area contributed by atoms with Gasteiger partial charge in [0.2, 0.25) is 5.91 Å². The summed E-state index contributed by atoms with van der Waals surface area (Å²) in [5, 5.41) is 23.7. The van der Waals surface area contributed by atoms with Crippen LogP contribution in [0.4, 0.5) is 0 Å². The van der Waals surface area contributed by atoms with Crippen LogP contribution < -0.4 is 5.32 Å². The number of esters is 1. The number of hydrogen-bond donors (Lipinski definition) is 3. The van der Waals surface area contributed by atoms with Gasteiger partial charge in [-0.3, -0.25) is 9.59 Å². The SMILES string of the molecule is CCCCCCCCC/C=C/C=C/CCCCCC(=O)OC(CCCCC/C=C/C=C/CCCCCCCCC)CC(=O)NC(CO)C(O)CCCCCCCCCCCCC. The Morgan fingerprint density at radius 3 is 1.21 bits per heavy atom. The summed E-state index contributed by atoms with van der Waals surface area (Å²) in [7, 11) is 0. The molecule has 6 heteroatoms. The summed E-state index contributed by atoms with van der Waals surface area (Å²) in [6.07, 6.45) is 60.3. The van der Waals surface area contributed by atoms with Gasteiger partial charge in [-0.15, -0.1) is 0 Å². The molecule has 0 rings (SSSR count). The van der Waals surface area contributed by atoms with E-state index >= 15 is 0 Å². The molecule has 362 valence electrons. The number of hydrogen-bond acceptors (Lipinski definition) is 5. The van der Waals surface area contributed by atoms with Gasteiger partial charge >= 0.3 is 5.97 Å². The summed E-state index contributed by atoms with van der Waals surface area (Å²) < 4.78 is 5.92. The van der Waals surface area contributed by atoms with Crippen molar-refractivity contribution in [2.75, 3.05) is 6.61 Å². The van der Waals surface area contributed by atoms with Crippen LogP contribution in [0.2, 0.25) is 0 Å². The second-order valence-electron chi connectivity index (χ2n) is 18.3. The molecule has 0 aromatic rings. The summed E-state index contributed by atoms with van der Waals surface area (Å²) in [5.41, 5.74) is 0. The second-order valence-corrected chi connectivity index (χ2v) is 18.3. The van der Waals surface area contributed by atoms with E-state index in [1.807, 2.05) is 0 Å². The lowest BCUT2D eigenvalue weighted by atomic mass is 10.0. The molecule has 0 aliphatic rings. The predicted molar refractivity (Wildman–Crippen MR) is 269 cm³/mol. The Morgan fingerprint density at radius 1 is 0.468 bits per heavy atom. The van der Waals surface area contributed by atoms with Gasteiger partial charge < -0.3 is 20.3 Å². The van der Waals surface area contributed by atoms with E-state index in [1.165, 1.54) is 141 Å². The van der Waals surface area contributed by atoms with Crippen molar-refractivity contribution in [3.05, 3.63) is 48.6 Å². The van der Waals surface area contributed by atoms with Crippen LogP contribution in [-0.4, -0.2) is 46.9 Å². The Labute approximate surface area is 385 Å². The Balaban J connectivity index is 4.67. The third kappa shape index (κ3) is 44.4. The van der Waals surface area contributed by atoms with Crippen LogP contribution in [-0.2, 0) is 14.3 Å². The van der Waals surface area contributed by atoms with Gasteiger partial charge in [0.1, 0.15) is 6.10 Å². The maximum absolute atomic E-state index is 13.2. The molecule has 0 heterocycles. The molecule has 0 fully saturated rings. The third-order valence-corrected chi connectivity index (χ3v) is 12.2. The first-order valence-corrected chi connectivity index (χ1v) is 26.9. The molecule has 0 saturated carbocycles. The zero-order chi connectivity index (χ0) is 45.2. The summed E-state index contributed by atoms with van der Waals surface area (Å²) in [6, 6.07) is -0.715. The van der Waals surface area contributed by atoms with Crippen molar-refractivity contribution < 1.29 is 24.5 Å². The lowest BCUT2D eigenvalue weighted by Crippen LogP contribution is -2.46. The second kappa shape index (κ2) is 49.8. The zero-order valence-electron chi connectivity index (χ0n) is 41.3. The van der Waals surface area contributed by atoms with E-state index in [1.54, 1.807) is 0 Å². The van der Waals surface area contributed by atoms with E-state index in [0.29, 0.717) is 19.3 Å². The molecule has 1 amide bonds. The molecule has 3 atom stereocenters. The van der Waals surface area contributed by atoms with E-state index in [-0.39, 0.29) is 24.9 Å². The number of carbonyl (C=O) groups excluding carboxylic acids is 2. The highest BCUT2D eigenvalue weighted by Gasteiger charge is 2.24. The normalized spacial score (nSPS) is 13.6. The molecule has 3 N–H and O–H groups in total. The van der Waals surface area contributed by atoms with Gasteiger partial charge in [-0.2, -0.15) is 0 Å². The molecule has 6 nitrogen and oxygen atoms in total. The molecule has 0 radical (unpaired) electrons. The van der Waals surface area contributed by atoms with Crippen molar-refractivity contribution in [3.63, 3.8) is 0 Å². The maximum Gasteiger partial charge on any atom is 0.306 e. The largest absolute Gasteiger partial charge is 0.462 e. The standard InChI is InChI=1S/C56H103NO5/c1-4-7-10-13-16-19-22-24-26-28-30-33-35-38-41-44-47-52(62-56(61)49-46-43-40-37-34-31-29-27-25-23-20-17-14-11-8-5-2)50-55(60)57-53(51-58)54(59)48-45-42-39-36-32-21-18-15-12-9-6-3/h26-31,33-34,52-54,58-59H,4-25,32,35-51H2,1-3H3,(H,57,60)/b28-26+,29-27+,33-30+,34-31+. The molecule has 3 unspecified atom stereocenters. The van der Waals surface area contributed by atoms with Crippen LogP contribution in [0.3, 0.4) is 0 Å². The van der Waals surface area contributed by atoms with Gasteiger partial charge in [0.25, 0.3) is 0 Å². The highest BCUT2D eigenvalue weighted by Crippen LogP contribution is 2.17. The summed E-state index contributed by atoms with van der Waals surface area (Å²) in [5.74, 6) is -0.526. The van der Waals surface area contributed by atoms with E-state index in [9.17, 15) is 19.8 Å². The van der Waals surface area contributed by atoms with Crippen molar-refractivity contribution in [2.45, 2.75) is 289 Å². The minimum atomic E-state index is -0.799. The quantitative estimate of drug-likeness (QED) is 0.0322. The van der Waals surface area contributed by atoms with Crippen LogP contribution in [0.25, 0.3) is 0 Å². The molecule has 0 spiro atoms. The molecular weight excluding hydrogens is 767 g/mol. The number of allylic oxidation sites excluding steroid dienone is 8. The molecule has 62 heavy (non-hydrogen) atoms.